The van der Waals surface area contributed by atoms with Crippen LogP contribution < -0.4 is 4.74 Å². The van der Waals surface area contributed by atoms with Crippen LogP contribution in [0.25, 0.3) is 22.3 Å². The Kier molecular flexibility index (Phi) is 6.55. The van der Waals surface area contributed by atoms with E-state index >= 15 is 0 Å². The Labute approximate surface area is 212 Å². The predicted octanol–water partition coefficient (Wildman–Crippen LogP) is 5.26. The molecule has 37 heavy (non-hydrogen) atoms. The van der Waals surface area contributed by atoms with E-state index in [-0.39, 0.29) is 49.1 Å². The Bertz CT molecular complexity index is 1490. The minimum atomic E-state index is -0.537. The van der Waals surface area contributed by atoms with E-state index in [2.05, 4.69) is 0 Å². The summed E-state index contributed by atoms with van der Waals surface area (Å²) < 4.78 is 16.7. The number of carbonyl (C=O) groups excluding carboxylic acids is 4. The Morgan fingerprint density at radius 1 is 0.892 bits per heavy atom. The number of rotatable bonds is 8. The molecule has 0 N–H and O–H groups in total. The third-order valence-electron chi connectivity index (χ3n) is 6.05. The molecule has 2 amide bonds. The Balaban J connectivity index is 1.30. The van der Waals surface area contributed by atoms with Crippen molar-refractivity contribution in [3.8, 4) is 17.1 Å². The van der Waals surface area contributed by atoms with Crippen LogP contribution in [0.5, 0.6) is 5.75 Å². The molecular formula is C29H23NO7. The molecule has 4 aromatic rings. The number of esters is 2. The Hall–Kier alpha value is -4.72. The summed E-state index contributed by atoms with van der Waals surface area (Å²) in [6.07, 6.45) is 0.251. The number of amides is 2. The molecule has 1 aliphatic rings. The number of ether oxygens (including phenoxy) is 2. The summed E-state index contributed by atoms with van der Waals surface area (Å²) in [5.74, 6) is -1.17. The standard InChI is InChI=1S/C29H23NO7/c1-2-35-29(34)25-22-17-19(14-15-23(22)37-26(25)18-9-4-3-5-10-18)36-24(31)13-8-16-30-27(32)20-11-6-7-12-21(20)28(30)33/h3-7,9-12,14-15,17H,2,8,13,16H2,1H3. The van der Waals surface area contributed by atoms with Gasteiger partial charge in [-0.05, 0) is 43.7 Å². The first-order valence-electron chi connectivity index (χ1n) is 11.9. The largest absolute Gasteiger partial charge is 0.462 e. The second-order valence-electron chi connectivity index (χ2n) is 8.44. The highest BCUT2D eigenvalue weighted by molar-refractivity contribution is 6.21. The van der Waals surface area contributed by atoms with Crippen LogP contribution in [0.2, 0.25) is 0 Å². The van der Waals surface area contributed by atoms with Crippen LogP contribution in [-0.2, 0) is 9.53 Å². The van der Waals surface area contributed by atoms with E-state index < -0.39 is 11.9 Å². The SMILES string of the molecule is CCOC(=O)c1c(-c2ccccc2)oc2ccc(OC(=O)CCCN3C(=O)c4ccccc4C3=O)cc12. The second-order valence-corrected chi connectivity index (χ2v) is 8.44. The molecule has 0 fully saturated rings. The van der Waals surface area contributed by atoms with Crippen LogP contribution in [0.3, 0.4) is 0 Å². The predicted molar refractivity (Wildman–Crippen MR) is 134 cm³/mol. The monoisotopic (exact) mass is 497 g/mol. The number of furan rings is 1. The topological polar surface area (TPSA) is 103 Å². The molecular weight excluding hydrogens is 474 g/mol. The van der Waals surface area contributed by atoms with Gasteiger partial charge in [0.25, 0.3) is 11.8 Å². The van der Waals surface area contributed by atoms with E-state index in [9.17, 15) is 19.2 Å². The quantitative estimate of drug-likeness (QED) is 0.186. The van der Waals surface area contributed by atoms with Crippen LogP contribution in [0.1, 0.15) is 50.8 Å². The van der Waals surface area contributed by atoms with Gasteiger partial charge in [0.05, 0.1) is 17.7 Å². The fourth-order valence-corrected chi connectivity index (χ4v) is 4.35. The van der Waals surface area contributed by atoms with E-state index in [1.165, 1.54) is 0 Å². The first-order chi connectivity index (χ1) is 18.0. The molecule has 0 saturated carbocycles. The van der Waals surface area contributed by atoms with E-state index in [0.29, 0.717) is 33.4 Å². The highest BCUT2D eigenvalue weighted by Crippen LogP contribution is 2.36. The number of hydrogen-bond donors (Lipinski definition) is 0. The summed E-state index contributed by atoms with van der Waals surface area (Å²) in [6, 6.07) is 20.6. The van der Waals surface area contributed by atoms with Crippen molar-refractivity contribution in [3.63, 3.8) is 0 Å². The maximum atomic E-state index is 12.8. The van der Waals surface area contributed by atoms with Crippen molar-refractivity contribution < 1.29 is 33.1 Å². The van der Waals surface area contributed by atoms with Crippen LogP contribution >= 0.6 is 0 Å². The highest BCUT2D eigenvalue weighted by atomic mass is 16.5. The normalized spacial score (nSPS) is 12.6. The molecule has 3 aromatic carbocycles. The van der Waals surface area contributed by atoms with Crippen molar-refractivity contribution in [1.82, 2.24) is 4.90 Å². The van der Waals surface area contributed by atoms with Crippen molar-refractivity contribution in [2.24, 2.45) is 0 Å². The minimum absolute atomic E-state index is 0.00315. The zero-order chi connectivity index (χ0) is 25.9. The maximum Gasteiger partial charge on any atom is 0.342 e. The van der Waals surface area contributed by atoms with Crippen LogP contribution in [-0.4, -0.2) is 41.8 Å². The van der Waals surface area contributed by atoms with Gasteiger partial charge in [0, 0.05) is 23.9 Å². The van der Waals surface area contributed by atoms with E-state index in [4.69, 9.17) is 13.9 Å². The Morgan fingerprint density at radius 2 is 1.57 bits per heavy atom. The minimum Gasteiger partial charge on any atom is -0.462 e. The van der Waals surface area contributed by atoms with Crippen LogP contribution in [0.4, 0.5) is 0 Å². The van der Waals surface area contributed by atoms with Gasteiger partial charge in [-0.15, -0.1) is 0 Å². The van der Waals surface area contributed by atoms with Gasteiger partial charge in [-0.25, -0.2) is 4.79 Å². The summed E-state index contributed by atoms with van der Waals surface area (Å²) in [5, 5.41) is 0.466. The smallest absolute Gasteiger partial charge is 0.342 e. The average Bonchev–Trinajstić information content (AvgIpc) is 3.40. The molecule has 2 heterocycles. The van der Waals surface area contributed by atoms with Crippen molar-refractivity contribution in [1.29, 1.82) is 0 Å². The third kappa shape index (κ3) is 4.61. The van der Waals surface area contributed by atoms with Gasteiger partial charge < -0.3 is 13.9 Å². The third-order valence-corrected chi connectivity index (χ3v) is 6.05. The van der Waals surface area contributed by atoms with Crippen LogP contribution in [0.15, 0.2) is 77.2 Å². The zero-order valence-electron chi connectivity index (χ0n) is 20.1. The maximum absolute atomic E-state index is 12.8. The molecule has 0 bridgehead atoms. The van der Waals surface area contributed by atoms with Crippen molar-refractivity contribution >= 4 is 34.7 Å². The second kappa shape index (κ2) is 10.1. The summed E-state index contributed by atoms with van der Waals surface area (Å²) >= 11 is 0. The summed E-state index contributed by atoms with van der Waals surface area (Å²) in [4.78, 5) is 51.4. The van der Waals surface area contributed by atoms with E-state index in [0.717, 1.165) is 4.90 Å². The molecule has 0 saturated heterocycles. The molecule has 0 spiro atoms. The lowest BCUT2D eigenvalue weighted by Gasteiger charge is -2.13. The number of nitrogens with zero attached hydrogens (tertiary/aromatic N) is 1. The van der Waals surface area contributed by atoms with E-state index in [1.807, 2.05) is 30.3 Å². The van der Waals surface area contributed by atoms with Gasteiger partial charge in [-0.3, -0.25) is 19.3 Å². The number of carbonyl (C=O) groups is 4. The summed E-state index contributed by atoms with van der Waals surface area (Å²) in [5.41, 5.74) is 2.17. The van der Waals surface area contributed by atoms with Crippen LogP contribution in [0, 0.1) is 0 Å². The lowest BCUT2D eigenvalue weighted by Crippen LogP contribution is -2.31. The fourth-order valence-electron chi connectivity index (χ4n) is 4.35. The Morgan fingerprint density at radius 3 is 2.24 bits per heavy atom. The molecule has 0 atom stereocenters. The average molecular weight is 498 g/mol. The number of hydrogen-bond acceptors (Lipinski definition) is 7. The molecule has 8 heteroatoms. The number of fused-ring (bicyclic) bond motifs is 2. The van der Waals surface area contributed by atoms with Gasteiger partial charge in [-0.2, -0.15) is 0 Å². The van der Waals surface area contributed by atoms with Crippen molar-refractivity contribution in [3.05, 3.63) is 89.5 Å². The van der Waals surface area contributed by atoms with Gasteiger partial charge in [0.2, 0.25) is 0 Å². The number of imide groups is 1. The molecule has 5 rings (SSSR count). The molecule has 0 aliphatic carbocycles. The van der Waals surface area contributed by atoms with Crippen molar-refractivity contribution in [2.75, 3.05) is 13.2 Å². The van der Waals surface area contributed by atoms with Gasteiger partial charge in [-0.1, -0.05) is 42.5 Å². The van der Waals surface area contributed by atoms with E-state index in [1.54, 1.807) is 49.4 Å². The lowest BCUT2D eigenvalue weighted by molar-refractivity contribution is -0.134. The van der Waals surface area contributed by atoms with Crippen molar-refractivity contribution in [2.45, 2.75) is 19.8 Å². The summed E-state index contributed by atoms with van der Waals surface area (Å²) in [6.45, 7) is 2.02. The fraction of sp³-hybridized carbons (Fsp3) is 0.172. The van der Waals surface area contributed by atoms with Gasteiger partial charge in [0.15, 0.2) is 0 Å². The summed E-state index contributed by atoms with van der Waals surface area (Å²) in [7, 11) is 0. The first kappa shape index (κ1) is 24.0. The highest BCUT2D eigenvalue weighted by Gasteiger charge is 2.34. The molecule has 0 unspecified atom stereocenters. The molecule has 186 valence electrons. The van der Waals surface area contributed by atoms with Gasteiger partial charge >= 0.3 is 11.9 Å². The molecule has 1 aliphatic heterocycles. The zero-order valence-corrected chi connectivity index (χ0v) is 20.1. The first-order valence-corrected chi connectivity index (χ1v) is 11.9. The molecule has 8 nitrogen and oxygen atoms in total. The molecule has 1 aromatic heterocycles. The number of benzene rings is 3. The molecule has 0 radical (unpaired) electrons. The van der Waals surface area contributed by atoms with Gasteiger partial charge in [0.1, 0.15) is 22.7 Å². The lowest BCUT2D eigenvalue weighted by atomic mass is 10.1.